The Labute approximate surface area is 144 Å². The molecule has 3 rings (SSSR count). The van der Waals surface area contributed by atoms with Gasteiger partial charge in [-0.25, -0.2) is 0 Å². The Balaban J connectivity index is 1.56. The van der Waals surface area contributed by atoms with Crippen molar-refractivity contribution in [2.24, 2.45) is 0 Å². The Morgan fingerprint density at radius 2 is 1.79 bits per heavy atom. The van der Waals surface area contributed by atoms with Gasteiger partial charge in [-0.05, 0) is 29.5 Å². The van der Waals surface area contributed by atoms with Crippen LogP contribution in [0.25, 0.3) is 0 Å². The quantitative estimate of drug-likeness (QED) is 0.696. The van der Waals surface area contributed by atoms with E-state index < -0.39 is 0 Å². The number of nitrogens with one attached hydrogen (secondary N) is 1. The molecule has 0 unspecified atom stereocenters. The lowest BCUT2D eigenvalue weighted by atomic mass is 10.1. The van der Waals surface area contributed by atoms with E-state index >= 15 is 0 Å². The van der Waals surface area contributed by atoms with Crippen molar-refractivity contribution in [3.8, 4) is 0 Å². The van der Waals surface area contributed by atoms with Crippen molar-refractivity contribution in [3.63, 3.8) is 0 Å². The van der Waals surface area contributed by atoms with Crippen molar-refractivity contribution in [3.05, 3.63) is 71.6 Å². The zero-order valence-corrected chi connectivity index (χ0v) is 14.0. The maximum Gasteiger partial charge on any atom is 0.322 e. The van der Waals surface area contributed by atoms with Crippen LogP contribution in [0.2, 0.25) is 0 Å². The third kappa shape index (κ3) is 4.45. The average Bonchev–Trinajstić information content (AvgIpc) is 3.03. The second-order valence-electron chi connectivity index (χ2n) is 5.24. The highest BCUT2D eigenvalue weighted by atomic mass is 32.2. The standard InChI is InChI=1S/C18H17N3O2S/c1-24-15-9-7-14(8-10-15)11-16(22)19-18-21-20-17(23-18)12-13-5-3-2-4-6-13/h2-10H,11-12H2,1H3,(H,19,21,22). The van der Waals surface area contributed by atoms with E-state index in [9.17, 15) is 4.79 Å². The summed E-state index contributed by atoms with van der Waals surface area (Å²) in [5.74, 6) is 0.294. The third-order valence-corrected chi connectivity index (χ3v) is 4.18. The predicted molar refractivity (Wildman–Crippen MR) is 94.1 cm³/mol. The molecule has 1 heterocycles. The number of hydrogen-bond donors (Lipinski definition) is 1. The van der Waals surface area contributed by atoms with Crippen LogP contribution in [0.15, 0.2) is 63.9 Å². The van der Waals surface area contributed by atoms with Gasteiger partial charge in [0.1, 0.15) is 0 Å². The van der Waals surface area contributed by atoms with Crippen molar-refractivity contribution >= 4 is 23.7 Å². The number of carbonyl (C=O) groups excluding carboxylic acids is 1. The molecule has 0 aliphatic rings. The molecule has 122 valence electrons. The highest BCUT2D eigenvalue weighted by molar-refractivity contribution is 7.98. The number of nitrogens with zero attached hydrogens (tertiary/aromatic N) is 2. The van der Waals surface area contributed by atoms with Gasteiger partial charge in [0, 0.05) is 4.90 Å². The van der Waals surface area contributed by atoms with Gasteiger partial charge in [-0.15, -0.1) is 16.9 Å². The lowest BCUT2D eigenvalue weighted by Crippen LogP contribution is -2.14. The molecule has 0 bridgehead atoms. The molecule has 5 nitrogen and oxygen atoms in total. The molecule has 24 heavy (non-hydrogen) atoms. The number of rotatable bonds is 6. The van der Waals surface area contributed by atoms with Crippen molar-refractivity contribution in [2.75, 3.05) is 11.6 Å². The number of hydrogen-bond acceptors (Lipinski definition) is 5. The minimum atomic E-state index is -0.179. The van der Waals surface area contributed by atoms with Crippen LogP contribution in [0.5, 0.6) is 0 Å². The first-order valence-electron chi connectivity index (χ1n) is 7.52. The average molecular weight is 339 g/mol. The zero-order valence-electron chi connectivity index (χ0n) is 13.2. The van der Waals surface area contributed by atoms with E-state index in [1.165, 1.54) is 4.90 Å². The molecule has 2 aromatic carbocycles. The molecule has 1 N–H and O–H groups in total. The molecule has 3 aromatic rings. The fourth-order valence-corrected chi connectivity index (χ4v) is 2.65. The van der Waals surface area contributed by atoms with Gasteiger partial charge in [0.15, 0.2) is 0 Å². The monoisotopic (exact) mass is 339 g/mol. The summed E-state index contributed by atoms with van der Waals surface area (Å²) in [6.07, 6.45) is 2.83. The van der Waals surface area contributed by atoms with Crippen molar-refractivity contribution < 1.29 is 9.21 Å². The van der Waals surface area contributed by atoms with Gasteiger partial charge in [0.05, 0.1) is 12.8 Å². The fraction of sp³-hybridized carbons (Fsp3) is 0.167. The first kappa shape index (κ1) is 16.3. The molecular formula is C18H17N3O2S. The first-order chi connectivity index (χ1) is 11.7. The SMILES string of the molecule is CSc1ccc(CC(=O)Nc2nnc(Cc3ccccc3)o2)cc1. The molecule has 0 aliphatic carbocycles. The fourth-order valence-electron chi connectivity index (χ4n) is 2.24. The number of aromatic nitrogens is 2. The minimum absolute atomic E-state index is 0.131. The topological polar surface area (TPSA) is 68.0 Å². The summed E-state index contributed by atoms with van der Waals surface area (Å²) in [6.45, 7) is 0. The summed E-state index contributed by atoms with van der Waals surface area (Å²) >= 11 is 1.67. The van der Waals surface area contributed by atoms with E-state index in [1.807, 2.05) is 60.9 Å². The van der Waals surface area contributed by atoms with Crippen LogP contribution >= 0.6 is 11.8 Å². The molecule has 0 aliphatic heterocycles. The van der Waals surface area contributed by atoms with Crippen molar-refractivity contribution in [2.45, 2.75) is 17.7 Å². The minimum Gasteiger partial charge on any atom is -0.407 e. The molecule has 0 saturated carbocycles. The summed E-state index contributed by atoms with van der Waals surface area (Å²) in [5, 5.41) is 10.5. The molecule has 0 atom stereocenters. The number of anilines is 1. The predicted octanol–water partition coefficient (Wildman–Crippen LogP) is 3.56. The molecule has 6 heteroatoms. The van der Waals surface area contributed by atoms with Crippen molar-refractivity contribution in [1.29, 1.82) is 0 Å². The molecule has 0 fully saturated rings. The molecule has 0 spiro atoms. The number of amides is 1. The molecule has 0 radical (unpaired) electrons. The van der Waals surface area contributed by atoms with Crippen LogP contribution < -0.4 is 5.32 Å². The highest BCUT2D eigenvalue weighted by Gasteiger charge is 2.11. The molecule has 0 saturated heterocycles. The van der Waals surface area contributed by atoms with Gasteiger partial charge < -0.3 is 4.42 Å². The number of carbonyl (C=O) groups is 1. The maximum absolute atomic E-state index is 12.1. The van der Waals surface area contributed by atoms with Crippen LogP contribution in [0, 0.1) is 0 Å². The van der Waals surface area contributed by atoms with E-state index in [-0.39, 0.29) is 18.3 Å². The summed E-state index contributed by atoms with van der Waals surface area (Å²) in [6, 6.07) is 17.9. The Kier molecular flexibility index (Phi) is 5.28. The Morgan fingerprint density at radius 1 is 1.04 bits per heavy atom. The lowest BCUT2D eigenvalue weighted by molar-refractivity contribution is -0.115. The van der Waals surface area contributed by atoms with Crippen LogP contribution in [0.3, 0.4) is 0 Å². The Morgan fingerprint density at radius 3 is 2.50 bits per heavy atom. The molecule has 1 aromatic heterocycles. The van der Waals surface area contributed by atoms with Gasteiger partial charge in [0.25, 0.3) is 0 Å². The third-order valence-electron chi connectivity index (χ3n) is 3.44. The van der Waals surface area contributed by atoms with Gasteiger partial charge >= 0.3 is 6.01 Å². The highest BCUT2D eigenvalue weighted by Crippen LogP contribution is 2.16. The van der Waals surface area contributed by atoms with Gasteiger partial charge in [-0.3, -0.25) is 10.1 Å². The lowest BCUT2D eigenvalue weighted by Gasteiger charge is -2.02. The first-order valence-corrected chi connectivity index (χ1v) is 8.74. The van der Waals surface area contributed by atoms with Gasteiger partial charge in [-0.2, -0.15) is 0 Å². The Hall–Kier alpha value is -2.60. The van der Waals surface area contributed by atoms with Crippen LogP contribution in [-0.4, -0.2) is 22.4 Å². The second kappa shape index (κ2) is 7.79. The summed E-state index contributed by atoms with van der Waals surface area (Å²) in [5.41, 5.74) is 2.02. The normalized spacial score (nSPS) is 10.5. The maximum atomic E-state index is 12.1. The number of thioether (sulfide) groups is 1. The number of benzene rings is 2. The Bertz CT molecular complexity index is 801. The summed E-state index contributed by atoms with van der Waals surface area (Å²) in [4.78, 5) is 13.2. The largest absolute Gasteiger partial charge is 0.407 e. The van der Waals surface area contributed by atoms with E-state index in [1.54, 1.807) is 11.8 Å². The van der Waals surface area contributed by atoms with E-state index in [0.29, 0.717) is 12.3 Å². The van der Waals surface area contributed by atoms with Crippen LogP contribution in [0.4, 0.5) is 6.01 Å². The van der Waals surface area contributed by atoms with Gasteiger partial charge in [0.2, 0.25) is 11.8 Å². The summed E-state index contributed by atoms with van der Waals surface area (Å²) in [7, 11) is 0. The second-order valence-corrected chi connectivity index (χ2v) is 6.12. The van der Waals surface area contributed by atoms with Crippen molar-refractivity contribution in [1.82, 2.24) is 10.2 Å². The van der Waals surface area contributed by atoms with Crippen LogP contribution in [0.1, 0.15) is 17.0 Å². The van der Waals surface area contributed by atoms with Gasteiger partial charge in [-0.1, -0.05) is 47.6 Å². The zero-order chi connectivity index (χ0) is 16.8. The van der Waals surface area contributed by atoms with E-state index in [2.05, 4.69) is 15.5 Å². The summed E-state index contributed by atoms with van der Waals surface area (Å²) < 4.78 is 5.47. The molecule has 1 amide bonds. The van der Waals surface area contributed by atoms with Crippen LogP contribution in [-0.2, 0) is 17.6 Å². The molecular weight excluding hydrogens is 322 g/mol. The van der Waals surface area contributed by atoms with E-state index in [0.717, 1.165) is 11.1 Å². The smallest absolute Gasteiger partial charge is 0.322 e. The van der Waals surface area contributed by atoms with E-state index in [4.69, 9.17) is 4.42 Å².